The molecule has 4 fully saturated rings. The number of hydrogen-bond donors (Lipinski definition) is 0. The molecule has 0 unspecified atom stereocenters. The summed E-state index contributed by atoms with van der Waals surface area (Å²) < 4.78 is 60.1. The highest BCUT2D eigenvalue weighted by Gasteiger charge is 2.62. The molecular formula is C50H59N. The van der Waals surface area contributed by atoms with Crippen molar-refractivity contribution in [3.8, 4) is 11.1 Å². The van der Waals surface area contributed by atoms with E-state index in [0.29, 0.717) is 11.8 Å². The Morgan fingerprint density at radius 2 is 0.980 bits per heavy atom. The molecule has 4 bridgehead atoms. The maximum absolute atomic E-state index is 10.3. The monoisotopic (exact) mass is 680 g/mol. The van der Waals surface area contributed by atoms with Gasteiger partial charge in [0, 0.05) is 22.4 Å². The van der Waals surface area contributed by atoms with E-state index in [0.717, 1.165) is 71.0 Å². The summed E-state index contributed by atoms with van der Waals surface area (Å²) in [7, 11) is 0. The SMILES string of the molecule is [2H]c1c([2H])c2c(c([2H])c1N(c1cccc3c1-c1ccccc1C31C3CC4CC(C3)CC1C4)c1c([2H])c([2H])c3c(c1[2H])C(C)(C)CCC3(C)C)C(C)(C)CCC2(C)C. The molecule has 0 heterocycles. The van der Waals surface area contributed by atoms with Crippen LogP contribution in [0, 0.1) is 23.7 Å². The molecule has 4 aromatic rings. The van der Waals surface area contributed by atoms with Crippen molar-refractivity contribution in [3.63, 3.8) is 0 Å². The highest BCUT2D eigenvalue weighted by Crippen LogP contribution is 2.70. The Hall–Kier alpha value is -3.32. The lowest BCUT2D eigenvalue weighted by molar-refractivity contribution is -0.0399. The molecule has 51 heavy (non-hydrogen) atoms. The number of nitrogens with zero attached hydrogens (tertiary/aromatic N) is 1. The van der Waals surface area contributed by atoms with Gasteiger partial charge < -0.3 is 4.90 Å². The molecule has 7 aliphatic carbocycles. The van der Waals surface area contributed by atoms with Crippen LogP contribution < -0.4 is 4.90 Å². The summed E-state index contributed by atoms with van der Waals surface area (Å²) in [4.78, 5) is 1.89. The van der Waals surface area contributed by atoms with E-state index in [-0.39, 0.29) is 63.9 Å². The Morgan fingerprint density at radius 3 is 1.51 bits per heavy atom. The van der Waals surface area contributed by atoms with E-state index >= 15 is 0 Å². The van der Waals surface area contributed by atoms with Crippen LogP contribution in [0.5, 0.6) is 0 Å². The predicted octanol–water partition coefficient (Wildman–Crippen LogP) is 13.6. The van der Waals surface area contributed by atoms with E-state index in [1.54, 1.807) is 0 Å². The van der Waals surface area contributed by atoms with E-state index in [1.165, 1.54) is 48.8 Å². The van der Waals surface area contributed by atoms with E-state index < -0.39 is 10.8 Å². The Balaban J connectivity index is 1.35. The second kappa shape index (κ2) is 10.4. The van der Waals surface area contributed by atoms with Crippen molar-refractivity contribution in [3.05, 3.63) is 112 Å². The molecule has 1 heteroatoms. The van der Waals surface area contributed by atoms with E-state index in [1.807, 2.05) is 4.90 Å². The van der Waals surface area contributed by atoms with Gasteiger partial charge in [-0.3, -0.25) is 0 Å². The molecule has 4 saturated carbocycles. The molecule has 0 aromatic heterocycles. The number of fused-ring (bicyclic) bond motifs is 5. The van der Waals surface area contributed by atoms with Gasteiger partial charge in [-0.1, -0.05) is 104 Å². The Kier molecular flexibility index (Phi) is 5.40. The summed E-state index contributed by atoms with van der Waals surface area (Å²) in [5, 5.41) is 0. The van der Waals surface area contributed by atoms with Crippen LogP contribution in [0.25, 0.3) is 11.1 Å². The molecule has 11 rings (SSSR count). The molecule has 0 atom stereocenters. The standard InChI is InChI=1S/C50H59N/c1-46(2)20-22-48(5,6)42-29-35(16-18-39(42)46)51(36-17-19-40-43(30-36)49(7,8)23-21-47(40,3)4)44-15-11-14-41-45(44)37-12-9-10-13-38(37)50(41)33-25-31-24-32(27-33)28-34(50)26-31/h9-19,29-34H,20-28H2,1-8H3/i16D,17D,18D,19D,29D,30D. The quantitative estimate of drug-likeness (QED) is 0.208. The van der Waals surface area contributed by atoms with Crippen molar-refractivity contribution in [2.75, 3.05) is 4.90 Å². The number of benzene rings is 4. The Morgan fingerprint density at radius 1 is 0.510 bits per heavy atom. The topological polar surface area (TPSA) is 3.24 Å². The van der Waals surface area contributed by atoms with Crippen molar-refractivity contribution in [2.24, 2.45) is 23.7 Å². The minimum atomic E-state index is -0.419. The molecule has 264 valence electrons. The van der Waals surface area contributed by atoms with Crippen LogP contribution in [-0.2, 0) is 27.1 Å². The highest BCUT2D eigenvalue weighted by atomic mass is 15.1. The first-order valence-corrected chi connectivity index (χ1v) is 20.1. The summed E-state index contributed by atoms with van der Waals surface area (Å²) in [6, 6.07) is 16.1. The molecule has 4 aromatic carbocycles. The molecular weight excluding hydrogens is 615 g/mol. The summed E-state index contributed by atoms with van der Waals surface area (Å²) in [6.45, 7) is 17.2. The summed E-state index contributed by atoms with van der Waals surface area (Å²) in [5.41, 5.74) is 7.65. The first-order chi connectivity index (χ1) is 26.7. The lowest BCUT2D eigenvalue weighted by Crippen LogP contribution is -2.55. The molecule has 7 aliphatic rings. The van der Waals surface area contributed by atoms with Gasteiger partial charge in [0.05, 0.1) is 13.9 Å². The molecule has 0 radical (unpaired) electrons. The second-order valence-electron chi connectivity index (χ2n) is 20.2. The molecule has 0 saturated heterocycles. The van der Waals surface area contributed by atoms with Crippen molar-refractivity contribution in [2.45, 2.75) is 140 Å². The minimum absolute atomic E-state index is 0.0413. The van der Waals surface area contributed by atoms with Gasteiger partial charge in [0.1, 0.15) is 0 Å². The van der Waals surface area contributed by atoms with E-state index in [9.17, 15) is 8.22 Å². The van der Waals surface area contributed by atoms with Crippen LogP contribution in [0.3, 0.4) is 0 Å². The molecule has 0 N–H and O–H groups in total. The van der Waals surface area contributed by atoms with Crippen LogP contribution in [-0.4, -0.2) is 0 Å². The van der Waals surface area contributed by atoms with Gasteiger partial charge in [0.15, 0.2) is 0 Å². The first-order valence-electron chi connectivity index (χ1n) is 23.1. The van der Waals surface area contributed by atoms with Crippen molar-refractivity contribution in [1.82, 2.24) is 0 Å². The third-order valence-corrected chi connectivity index (χ3v) is 15.3. The largest absolute Gasteiger partial charge is 0.310 e. The predicted molar refractivity (Wildman–Crippen MR) is 215 cm³/mol. The summed E-state index contributed by atoms with van der Waals surface area (Å²) in [6.07, 6.45) is 9.76. The van der Waals surface area contributed by atoms with E-state index in [2.05, 4.69) is 97.9 Å². The third-order valence-electron chi connectivity index (χ3n) is 15.3. The van der Waals surface area contributed by atoms with E-state index in [4.69, 9.17) is 0 Å². The zero-order valence-electron chi connectivity index (χ0n) is 38.2. The van der Waals surface area contributed by atoms with Gasteiger partial charge in [-0.2, -0.15) is 0 Å². The normalized spacial score (nSPS) is 32.4. The van der Waals surface area contributed by atoms with Crippen molar-refractivity contribution < 1.29 is 8.22 Å². The summed E-state index contributed by atoms with van der Waals surface area (Å²) in [5.74, 6) is 2.66. The van der Waals surface area contributed by atoms with Crippen molar-refractivity contribution in [1.29, 1.82) is 0 Å². The lowest BCUT2D eigenvalue weighted by Gasteiger charge is -2.61. The maximum Gasteiger partial charge on any atom is 0.0648 e. The third kappa shape index (κ3) is 4.39. The highest BCUT2D eigenvalue weighted by molar-refractivity contribution is 5.95. The Labute approximate surface area is 316 Å². The fraction of sp³-hybridized carbons (Fsp3) is 0.520. The van der Waals surface area contributed by atoms with Crippen LogP contribution in [0.4, 0.5) is 17.1 Å². The zero-order chi connectivity index (χ0) is 40.5. The zero-order valence-corrected chi connectivity index (χ0v) is 32.2. The lowest BCUT2D eigenvalue weighted by atomic mass is 9.43. The van der Waals surface area contributed by atoms with Crippen LogP contribution in [0.2, 0.25) is 0 Å². The molecule has 1 spiro atoms. The van der Waals surface area contributed by atoms with Gasteiger partial charge in [0.25, 0.3) is 0 Å². The van der Waals surface area contributed by atoms with Gasteiger partial charge >= 0.3 is 0 Å². The smallest absolute Gasteiger partial charge is 0.0648 e. The average molecular weight is 680 g/mol. The van der Waals surface area contributed by atoms with Gasteiger partial charge in [-0.05, 0) is 172 Å². The van der Waals surface area contributed by atoms with Crippen LogP contribution >= 0.6 is 0 Å². The van der Waals surface area contributed by atoms with Gasteiger partial charge in [-0.25, -0.2) is 0 Å². The molecule has 0 amide bonds. The number of hydrogen-bond acceptors (Lipinski definition) is 1. The number of anilines is 3. The fourth-order valence-electron chi connectivity index (χ4n) is 12.5. The van der Waals surface area contributed by atoms with Gasteiger partial charge in [-0.15, -0.1) is 0 Å². The summed E-state index contributed by atoms with van der Waals surface area (Å²) >= 11 is 0. The number of rotatable bonds is 3. The van der Waals surface area contributed by atoms with Crippen molar-refractivity contribution >= 4 is 17.1 Å². The molecule has 1 nitrogen and oxygen atoms in total. The van der Waals surface area contributed by atoms with Gasteiger partial charge in [0.2, 0.25) is 0 Å². The fourth-order valence-corrected chi connectivity index (χ4v) is 12.5. The molecule has 0 aliphatic heterocycles. The first kappa shape index (κ1) is 26.4. The average Bonchev–Trinajstić information content (AvgIpc) is 3.44. The van der Waals surface area contributed by atoms with Crippen LogP contribution in [0.1, 0.15) is 155 Å². The Bertz CT molecular complexity index is 2290. The second-order valence-corrected chi connectivity index (χ2v) is 20.2. The van der Waals surface area contributed by atoms with Crippen LogP contribution in [0.15, 0.2) is 78.7 Å². The minimum Gasteiger partial charge on any atom is -0.310 e. The maximum atomic E-state index is 10.3.